The maximum atomic E-state index is 12.7. The molecule has 3 fully saturated rings. The van der Waals surface area contributed by atoms with Crippen LogP contribution in [0.3, 0.4) is 0 Å². The summed E-state index contributed by atoms with van der Waals surface area (Å²) in [6.07, 6.45) is 7.78. The molecule has 3 heterocycles. The lowest BCUT2D eigenvalue weighted by Crippen LogP contribution is -2.57. The zero-order valence-electron chi connectivity index (χ0n) is 12.9. The van der Waals surface area contributed by atoms with Crippen molar-refractivity contribution in [2.45, 2.75) is 44.2 Å². The summed E-state index contributed by atoms with van der Waals surface area (Å²) in [7, 11) is 0. The lowest BCUT2D eigenvalue weighted by molar-refractivity contribution is -0.141. The van der Waals surface area contributed by atoms with E-state index in [-0.39, 0.29) is 5.91 Å². The van der Waals surface area contributed by atoms with Crippen LogP contribution in [0.25, 0.3) is 0 Å². The molecule has 122 valence electrons. The Morgan fingerprint density at radius 1 is 1.26 bits per heavy atom. The first-order valence-electron chi connectivity index (χ1n) is 8.35. The SMILES string of the molecule is O=C(c1ccncc1Cl)N1CC[C@H]2[C@H](CCC(=O)N2C2CC2)C1. The van der Waals surface area contributed by atoms with Crippen molar-refractivity contribution in [3.63, 3.8) is 0 Å². The van der Waals surface area contributed by atoms with E-state index in [0.717, 1.165) is 32.2 Å². The molecule has 0 radical (unpaired) electrons. The maximum Gasteiger partial charge on any atom is 0.255 e. The summed E-state index contributed by atoms with van der Waals surface area (Å²) in [5, 5.41) is 0.401. The van der Waals surface area contributed by atoms with E-state index in [9.17, 15) is 9.59 Å². The molecule has 0 bridgehead atoms. The van der Waals surface area contributed by atoms with Gasteiger partial charge >= 0.3 is 0 Å². The first-order valence-corrected chi connectivity index (χ1v) is 8.73. The number of piperidine rings is 2. The zero-order valence-corrected chi connectivity index (χ0v) is 13.7. The number of hydrogen-bond donors (Lipinski definition) is 0. The molecule has 2 atom stereocenters. The van der Waals surface area contributed by atoms with Crippen molar-refractivity contribution < 1.29 is 9.59 Å². The van der Waals surface area contributed by atoms with Crippen molar-refractivity contribution in [1.29, 1.82) is 0 Å². The van der Waals surface area contributed by atoms with E-state index < -0.39 is 0 Å². The average Bonchev–Trinajstić information content (AvgIpc) is 3.39. The Hall–Kier alpha value is -1.62. The fourth-order valence-corrected chi connectivity index (χ4v) is 4.22. The van der Waals surface area contributed by atoms with Crippen LogP contribution >= 0.6 is 11.6 Å². The van der Waals surface area contributed by atoms with Crippen LogP contribution in [0.5, 0.6) is 0 Å². The molecule has 2 saturated heterocycles. The largest absolute Gasteiger partial charge is 0.338 e. The van der Waals surface area contributed by atoms with E-state index in [4.69, 9.17) is 11.6 Å². The molecule has 2 amide bonds. The Morgan fingerprint density at radius 3 is 2.83 bits per heavy atom. The number of carbonyl (C=O) groups is 2. The molecular weight excluding hydrogens is 314 g/mol. The number of likely N-dealkylation sites (tertiary alicyclic amines) is 2. The quantitative estimate of drug-likeness (QED) is 0.834. The van der Waals surface area contributed by atoms with Crippen molar-refractivity contribution >= 4 is 23.4 Å². The molecule has 1 saturated carbocycles. The van der Waals surface area contributed by atoms with Crippen LogP contribution in [0.1, 0.15) is 42.5 Å². The standard InChI is InChI=1S/C17H20ClN3O2/c18-14-9-19-7-5-13(14)17(23)20-8-6-15-11(10-20)1-4-16(22)21(15)12-2-3-12/h5,7,9,11-12,15H,1-4,6,8,10H2/t11-,15+/m1/s1. The van der Waals surface area contributed by atoms with Gasteiger partial charge in [-0.05, 0) is 37.7 Å². The summed E-state index contributed by atoms with van der Waals surface area (Å²) < 4.78 is 0. The number of carbonyl (C=O) groups excluding carboxylic acids is 2. The van der Waals surface area contributed by atoms with Crippen LogP contribution < -0.4 is 0 Å². The van der Waals surface area contributed by atoms with Crippen LogP contribution in [-0.4, -0.2) is 51.8 Å². The highest BCUT2D eigenvalue weighted by molar-refractivity contribution is 6.33. The molecule has 0 N–H and O–H groups in total. The van der Waals surface area contributed by atoms with Gasteiger partial charge in [0.25, 0.3) is 5.91 Å². The highest BCUT2D eigenvalue weighted by Gasteiger charge is 2.45. The van der Waals surface area contributed by atoms with Crippen LogP contribution in [0.15, 0.2) is 18.5 Å². The number of nitrogens with zero attached hydrogens (tertiary/aromatic N) is 3. The van der Waals surface area contributed by atoms with Crippen LogP contribution in [0.4, 0.5) is 0 Å². The van der Waals surface area contributed by atoms with Gasteiger partial charge in [-0.15, -0.1) is 0 Å². The Bertz CT molecular complexity index is 646. The van der Waals surface area contributed by atoms with Crippen molar-refractivity contribution in [1.82, 2.24) is 14.8 Å². The second kappa shape index (κ2) is 5.78. The number of hydrogen-bond acceptors (Lipinski definition) is 3. The predicted molar refractivity (Wildman–Crippen MR) is 86.1 cm³/mol. The number of pyridine rings is 1. The van der Waals surface area contributed by atoms with Gasteiger partial charge in [-0.2, -0.15) is 0 Å². The smallest absolute Gasteiger partial charge is 0.255 e. The van der Waals surface area contributed by atoms with Gasteiger partial charge < -0.3 is 9.80 Å². The molecule has 0 spiro atoms. The van der Waals surface area contributed by atoms with Gasteiger partial charge in [0.1, 0.15) is 0 Å². The second-order valence-corrected chi connectivity index (χ2v) is 7.20. The third-order valence-corrected chi connectivity index (χ3v) is 5.60. The number of rotatable bonds is 2. The second-order valence-electron chi connectivity index (χ2n) is 6.79. The minimum Gasteiger partial charge on any atom is -0.338 e. The van der Waals surface area contributed by atoms with Gasteiger partial charge in [-0.25, -0.2) is 0 Å². The van der Waals surface area contributed by atoms with Crippen LogP contribution in [0, 0.1) is 5.92 Å². The molecule has 3 aliphatic rings. The number of fused-ring (bicyclic) bond motifs is 1. The molecule has 23 heavy (non-hydrogen) atoms. The van der Waals surface area contributed by atoms with Crippen LogP contribution in [-0.2, 0) is 4.79 Å². The third kappa shape index (κ3) is 2.71. The lowest BCUT2D eigenvalue weighted by atomic mass is 9.83. The topological polar surface area (TPSA) is 53.5 Å². The minimum atomic E-state index is -0.0225. The van der Waals surface area contributed by atoms with E-state index in [1.54, 1.807) is 12.3 Å². The molecule has 2 aliphatic heterocycles. The molecule has 1 aliphatic carbocycles. The summed E-state index contributed by atoms with van der Waals surface area (Å²) in [4.78, 5) is 32.9. The molecule has 0 aromatic carbocycles. The number of halogens is 1. The van der Waals surface area contributed by atoms with E-state index in [1.807, 2.05) is 4.90 Å². The monoisotopic (exact) mass is 333 g/mol. The third-order valence-electron chi connectivity index (χ3n) is 5.30. The van der Waals surface area contributed by atoms with E-state index in [0.29, 0.717) is 47.5 Å². The molecule has 1 aromatic rings. The van der Waals surface area contributed by atoms with Gasteiger partial charge in [0.15, 0.2) is 0 Å². The molecule has 5 nitrogen and oxygen atoms in total. The highest BCUT2D eigenvalue weighted by atomic mass is 35.5. The summed E-state index contributed by atoms with van der Waals surface area (Å²) >= 11 is 6.10. The normalized spacial score (nSPS) is 27.8. The number of amides is 2. The Balaban J connectivity index is 1.50. The van der Waals surface area contributed by atoms with E-state index >= 15 is 0 Å². The Kier molecular flexibility index (Phi) is 3.76. The molecule has 6 heteroatoms. The fraction of sp³-hybridized carbons (Fsp3) is 0.588. The zero-order chi connectivity index (χ0) is 16.0. The fourth-order valence-electron chi connectivity index (χ4n) is 4.02. The highest BCUT2D eigenvalue weighted by Crippen LogP contribution is 2.39. The lowest BCUT2D eigenvalue weighted by Gasteiger charge is -2.47. The summed E-state index contributed by atoms with van der Waals surface area (Å²) in [5.41, 5.74) is 0.519. The van der Waals surface area contributed by atoms with Gasteiger partial charge in [-0.1, -0.05) is 11.6 Å². The summed E-state index contributed by atoms with van der Waals surface area (Å²) in [6.45, 7) is 1.41. The molecular formula is C17H20ClN3O2. The summed E-state index contributed by atoms with van der Waals surface area (Å²) in [6, 6.07) is 2.46. The minimum absolute atomic E-state index is 0.0225. The van der Waals surface area contributed by atoms with Gasteiger partial charge in [0.2, 0.25) is 5.91 Å². The van der Waals surface area contributed by atoms with Crippen molar-refractivity contribution in [3.8, 4) is 0 Å². The van der Waals surface area contributed by atoms with Crippen molar-refractivity contribution in [2.24, 2.45) is 5.92 Å². The van der Waals surface area contributed by atoms with E-state index in [1.165, 1.54) is 6.20 Å². The van der Waals surface area contributed by atoms with Crippen molar-refractivity contribution in [2.75, 3.05) is 13.1 Å². The van der Waals surface area contributed by atoms with Gasteiger partial charge in [0.05, 0.1) is 10.6 Å². The van der Waals surface area contributed by atoms with Gasteiger partial charge in [-0.3, -0.25) is 14.6 Å². The molecule has 4 rings (SSSR count). The molecule has 0 unspecified atom stereocenters. The Labute approximate surface area is 140 Å². The molecule has 1 aromatic heterocycles. The summed E-state index contributed by atoms with van der Waals surface area (Å²) in [5.74, 6) is 0.683. The van der Waals surface area contributed by atoms with E-state index in [2.05, 4.69) is 9.88 Å². The predicted octanol–water partition coefficient (Wildman–Crippen LogP) is 2.35. The Morgan fingerprint density at radius 2 is 2.09 bits per heavy atom. The first kappa shape index (κ1) is 14.9. The maximum absolute atomic E-state index is 12.7. The van der Waals surface area contributed by atoms with Crippen LogP contribution in [0.2, 0.25) is 5.02 Å². The number of aromatic nitrogens is 1. The van der Waals surface area contributed by atoms with Gasteiger partial charge in [0, 0.05) is 44.0 Å². The average molecular weight is 334 g/mol. The first-order chi connectivity index (χ1) is 11.1. The van der Waals surface area contributed by atoms with Crippen molar-refractivity contribution in [3.05, 3.63) is 29.0 Å².